The van der Waals surface area contributed by atoms with E-state index in [1.54, 1.807) is 44.3 Å². The Morgan fingerprint density at radius 3 is 2.65 bits per heavy atom. The van der Waals surface area contributed by atoms with Gasteiger partial charge in [0.25, 0.3) is 0 Å². The highest BCUT2D eigenvalue weighted by atomic mass is 16.3. The monoisotopic (exact) mass is 415 g/mol. The minimum absolute atomic E-state index is 0.0881. The average Bonchev–Trinajstić information content (AvgIpc) is 2.73. The van der Waals surface area contributed by atoms with E-state index in [0.717, 1.165) is 16.8 Å². The lowest BCUT2D eigenvalue weighted by molar-refractivity contribution is 0.0736. The highest BCUT2D eigenvalue weighted by Crippen LogP contribution is 2.26. The van der Waals surface area contributed by atoms with Crippen LogP contribution in [0.4, 0.5) is 5.95 Å². The molecule has 0 unspecified atom stereocenters. The Morgan fingerprint density at radius 1 is 1.19 bits per heavy atom. The lowest BCUT2D eigenvalue weighted by Gasteiger charge is -2.17. The molecule has 0 fully saturated rings. The molecular formula is C23H25N7O. The maximum absolute atomic E-state index is 10.1. The minimum atomic E-state index is -1.01. The van der Waals surface area contributed by atoms with Gasteiger partial charge in [0.15, 0.2) is 0 Å². The van der Waals surface area contributed by atoms with Gasteiger partial charge in [-0.2, -0.15) is 5.26 Å². The number of rotatable bonds is 6. The summed E-state index contributed by atoms with van der Waals surface area (Å²) in [4.78, 5) is 13.0. The van der Waals surface area contributed by atoms with Crippen LogP contribution in [0.2, 0.25) is 0 Å². The van der Waals surface area contributed by atoms with Gasteiger partial charge in [-0.05, 0) is 50.6 Å². The van der Waals surface area contributed by atoms with Gasteiger partial charge in [-0.3, -0.25) is 4.98 Å². The molecule has 0 saturated carbocycles. The van der Waals surface area contributed by atoms with Gasteiger partial charge in [-0.1, -0.05) is 18.2 Å². The van der Waals surface area contributed by atoms with Crippen molar-refractivity contribution in [3.05, 3.63) is 76.9 Å². The molecule has 3 rings (SSSR count). The molecule has 0 aliphatic rings. The minimum Gasteiger partial charge on any atom is -0.396 e. The number of nitrogens with one attached hydrogen (secondary N) is 1. The molecule has 0 amide bonds. The Hall–Kier alpha value is -3.96. The zero-order chi connectivity index (χ0) is 22.6. The molecule has 6 N–H and O–H groups in total. The van der Waals surface area contributed by atoms with Crippen LogP contribution in [0.15, 0.2) is 48.7 Å². The van der Waals surface area contributed by atoms with Gasteiger partial charge in [0.1, 0.15) is 5.60 Å². The van der Waals surface area contributed by atoms with Crippen molar-refractivity contribution in [2.24, 2.45) is 5.73 Å². The largest absolute Gasteiger partial charge is 0.396 e. The maximum Gasteiger partial charge on any atom is 0.221 e. The van der Waals surface area contributed by atoms with E-state index in [0.29, 0.717) is 34.9 Å². The number of hydrogen-bond donors (Lipinski definition) is 4. The quantitative estimate of drug-likeness (QED) is 0.480. The second-order valence-corrected chi connectivity index (χ2v) is 7.64. The summed E-state index contributed by atoms with van der Waals surface area (Å²) in [5.41, 5.74) is 16.1. The summed E-state index contributed by atoms with van der Waals surface area (Å²) in [7, 11) is 0. The fourth-order valence-corrected chi connectivity index (χ4v) is 3.04. The van der Waals surface area contributed by atoms with Gasteiger partial charge >= 0.3 is 0 Å². The fourth-order valence-electron chi connectivity index (χ4n) is 3.04. The van der Waals surface area contributed by atoms with Gasteiger partial charge in [0.2, 0.25) is 5.95 Å². The molecule has 0 radical (unpaired) electrons. The van der Waals surface area contributed by atoms with Crippen molar-refractivity contribution in [1.29, 1.82) is 5.26 Å². The van der Waals surface area contributed by atoms with E-state index < -0.39 is 5.60 Å². The Balaban J connectivity index is 1.82. The Labute approximate surface area is 181 Å². The van der Waals surface area contributed by atoms with Crippen LogP contribution < -0.4 is 16.8 Å². The standard InChI is InChI=1S/C23H25N7O/c1-14-15(11-24)6-4-8-17(14)19-10-20(30-22(26)29-19)18(25)13-27-12-16-7-5-9-21(28-16)23(2,3)31/h4-10,13,27,31H,12,25H2,1-3H3,(H2,26,29,30)/b18-13-. The lowest BCUT2D eigenvalue weighted by Crippen LogP contribution is -2.19. The second-order valence-electron chi connectivity index (χ2n) is 7.64. The number of anilines is 1. The van der Waals surface area contributed by atoms with E-state index in [4.69, 9.17) is 11.5 Å². The maximum atomic E-state index is 10.1. The molecule has 3 aromatic rings. The predicted octanol–water partition coefficient (Wildman–Crippen LogP) is 2.58. The number of pyridine rings is 1. The van der Waals surface area contributed by atoms with Gasteiger partial charge in [0.05, 0.1) is 46.7 Å². The van der Waals surface area contributed by atoms with Crippen LogP contribution in [0.3, 0.4) is 0 Å². The van der Waals surface area contributed by atoms with Crippen LogP contribution in [0.25, 0.3) is 17.0 Å². The smallest absolute Gasteiger partial charge is 0.221 e. The van der Waals surface area contributed by atoms with Gasteiger partial charge < -0.3 is 21.9 Å². The first kappa shape index (κ1) is 21.7. The topological polar surface area (TPSA) is 147 Å². The van der Waals surface area contributed by atoms with Crippen LogP contribution in [0.1, 0.15) is 42.1 Å². The van der Waals surface area contributed by atoms with E-state index >= 15 is 0 Å². The number of hydrogen-bond acceptors (Lipinski definition) is 8. The van der Waals surface area contributed by atoms with Crippen LogP contribution in [0.5, 0.6) is 0 Å². The molecule has 2 heterocycles. The third-order valence-electron chi connectivity index (χ3n) is 4.74. The van der Waals surface area contributed by atoms with E-state index in [2.05, 4.69) is 26.3 Å². The summed E-state index contributed by atoms with van der Waals surface area (Å²) in [6.07, 6.45) is 1.63. The first-order valence-corrected chi connectivity index (χ1v) is 9.72. The molecule has 0 bridgehead atoms. The molecule has 0 aliphatic heterocycles. The number of aromatic nitrogens is 3. The van der Waals surface area contributed by atoms with Crippen LogP contribution >= 0.6 is 0 Å². The summed E-state index contributed by atoms with van der Waals surface area (Å²) in [6.45, 7) is 5.66. The van der Waals surface area contributed by atoms with Crippen molar-refractivity contribution in [3.8, 4) is 17.3 Å². The highest BCUT2D eigenvalue weighted by Gasteiger charge is 2.17. The van der Waals surface area contributed by atoms with E-state index in [-0.39, 0.29) is 5.95 Å². The molecule has 1 aromatic carbocycles. The predicted molar refractivity (Wildman–Crippen MR) is 120 cm³/mol. The van der Waals surface area contributed by atoms with Crippen molar-refractivity contribution in [3.63, 3.8) is 0 Å². The molecule has 158 valence electrons. The molecular weight excluding hydrogens is 390 g/mol. The van der Waals surface area contributed by atoms with Crippen molar-refractivity contribution in [1.82, 2.24) is 20.3 Å². The summed E-state index contributed by atoms with van der Waals surface area (Å²) in [6, 6.07) is 14.8. The van der Waals surface area contributed by atoms with Crippen LogP contribution in [-0.4, -0.2) is 20.1 Å². The third-order valence-corrected chi connectivity index (χ3v) is 4.74. The van der Waals surface area contributed by atoms with E-state index in [1.807, 2.05) is 25.1 Å². The van der Waals surface area contributed by atoms with Gasteiger partial charge in [-0.15, -0.1) is 0 Å². The van der Waals surface area contributed by atoms with Crippen molar-refractivity contribution in [2.45, 2.75) is 32.9 Å². The number of benzene rings is 1. The molecule has 0 saturated heterocycles. The fraction of sp³-hybridized carbons (Fsp3) is 0.217. The summed E-state index contributed by atoms with van der Waals surface area (Å²) >= 11 is 0. The zero-order valence-electron chi connectivity index (χ0n) is 17.7. The normalized spacial score (nSPS) is 11.8. The Kier molecular flexibility index (Phi) is 6.18. The van der Waals surface area contributed by atoms with Crippen LogP contribution in [0, 0.1) is 18.3 Å². The van der Waals surface area contributed by atoms with Gasteiger partial charge in [0, 0.05) is 11.8 Å². The molecule has 8 nitrogen and oxygen atoms in total. The molecule has 8 heteroatoms. The second kappa shape index (κ2) is 8.81. The highest BCUT2D eigenvalue weighted by molar-refractivity contribution is 5.71. The SMILES string of the molecule is Cc1c(C#N)cccc1-c1cc(/C(N)=C/NCc2cccc(C(C)(C)O)n2)nc(N)n1. The van der Waals surface area contributed by atoms with E-state index in [9.17, 15) is 10.4 Å². The number of aliphatic hydroxyl groups is 1. The number of nitrogens with two attached hydrogens (primary N) is 2. The first-order valence-electron chi connectivity index (χ1n) is 9.72. The molecule has 0 aliphatic carbocycles. The van der Waals surface area contributed by atoms with Gasteiger partial charge in [-0.25, -0.2) is 9.97 Å². The molecule has 31 heavy (non-hydrogen) atoms. The molecule has 2 aromatic heterocycles. The average molecular weight is 416 g/mol. The summed E-state index contributed by atoms with van der Waals surface area (Å²) < 4.78 is 0. The zero-order valence-corrected chi connectivity index (χ0v) is 17.7. The van der Waals surface area contributed by atoms with E-state index in [1.165, 1.54) is 0 Å². The molecule has 0 spiro atoms. The molecule has 0 atom stereocenters. The summed E-state index contributed by atoms with van der Waals surface area (Å²) in [5.74, 6) is 0.0881. The van der Waals surface area contributed by atoms with Crippen molar-refractivity contribution >= 4 is 11.6 Å². The number of nitrogens with zero attached hydrogens (tertiary/aromatic N) is 4. The summed E-state index contributed by atoms with van der Waals surface area (Å²) in [5, 5.41) is 22.5. The Bertz CT molecular complexity index is 1170. The van der Waals surface area contributed by atoms with Crippen molar-refractivity contribution < 1.29 is 5.11 Å². The van der Waals surface area contributed by atoms with Crippen molar-refractivity contribution in [2.75, 3.05) is 5.73 Å². The number of nitrogen functional groups attached to an aromatic ring is 1. The number of nitriles is 1. The third kappa shape index (κ3) is 5.15. The van der Waals surface area contributed by atoms with Crippen LogP contribution in [-0.2, 0) is 12.1 Å². The first-order chi connectivity index (χ1) is 14.7. The lowest BCUT2D eigenvalue weighted by atomic mass is 10.00. The Morgan fingerprint density at radius 2 is 1.94 bits per heavy atom.